The molecule has 10 heavy (non-hydrogen) atoms. The summed E-state index contributed by atoms with van der Waals surface area (Å²) >= 11 is 0. The molecule has 0 aromatic carbocycles. The highest BCUT2D eigenvalue weighted by Crippen LogP contribution is 1.96. The van der Waals surface area contributed by atoms with Crippen LogP contribution in [0.25, 0.3) is 0 Å². The van der Waals surface area contributed by atoms with Gasteiger partial charge < -0.3 is 0 Å². The lowest BCUT2D eigenvalue weighted by atomic mass is 10.4. The van der Waals surface area contributed by atoms with Gasteiger partial charge >= 0.3 is 0 Å². The molecule has 53 valence electrons. The smallest absolute Gasteiger partial charge is 0.169 e. The molecule has 1 rings (SSSR count). The predicted molar refractivity (Wildman–Crippen MR) is 39.0 cm³/mol. The van der Waals surface area contributed by atoms with Crippen LogP contribution >= 0.6 is 0 Å². The van der Waals surface area contributed by atoms with Crippen molar-refractivity contribution in [2.45, 2.75) is 13.3 Å². The lowest BCUT2D eigenvalue weighted by Crippen LogP contribution is -2.00. The van der Waals surface area contributed by atoms with E-state index < -0.39 is 0 Å². The van der Waals surface area contributed by atoms with Crippen molar-refractivity contribution in [2.75, 3.05) is 6.54 Å². The Labute approximate surface area is 60.5 Å². The lowest BCUT2D eigenvalue weighted by Gasteiger charge is -1.95. The minimum absolute atomic E-state index is 0.726. The quantitative estimate of drug-likeness (QED) is 0.624. The van der Waals surface area contributed by atoms with Gasteiger partial charge in [0.05, 0.1) is 0 Å². The molecular weight excluding hydrogens is 126 g/mol. The molecule has 0 aliphatic rings. The highest BCUT2D eigenvalue weighted by Gasteiger charge is 1.89. The lowest BCUT2D eigenvalue weighted by molar-refractivity contribution is 0.774. The van der Waals surface area contributed by atoms with E-state index in [9.17, 15) is 0 Å². The Bertz CT molecular complexity index is 173. The molecular formula is C7H10N3. The summed E-state index contributed by atoms with van der Waals surface area (Å²) in [6.07, 6.45) is 2.70. The van der Waals surface area contributed by atoms with Crippen molar-refractivity contribution >= 4 is 5.82 Å². The Morgan fingerprint density at radius 2 is 2.50 bits per heavy atom. The van der Waals surface area contributed by atoms with Crippen LogP contribution in [0.5, 0.6) is 0 Å². The van der Waals surface area contributed by atoms with Gasteiger partial charge in [0.15, 0.2) is 5.82 Å². The third kappa shape index (κ3) is 2.01. The van der Waals surface area contributed by atoms with Gasteiger partial charge in [-0.15, -0.1) is 5.10 Å². The van der Waals surface area contributed by atoms with Crippen molar-refractivity contribution < 1.29 is 0 Å². The van der Waals surface area contributed by atoms with E-state index in [1.807, 2.05) is 12.1 Å². The molecule has 0 fully saturated rings. The molecule has 3 heteroatoms. The summed E-state index contributed by atoms with van der Waals surface area (Å²) < 4.78 is 0. The van der Waals surface area contributed by atoms with Crippen molar-refractivity contribution in [3.8, 4) is 0 Å². The molecule has 0 saturated carbocycles. The van der Waals surface area contributed by atoms with Crippen LogP contribution in [-0.4, -0.2) is 16.7 Å². The topological polar surface area (TPSA) is 39.9 Å². The van der Waals surface area contributed by atoms with Gasteiger partial charge in [-0.05, 0) is 18.6 Å². The van der Waals surface area contributed by atoms with Crippen LogP contribution in [0.4, 0.5) is 5.82 Å². The van der Waals surface area contributed by atoms with Crippen molar-refractivity contribution in [2.24, 2.45) is 0 Å². The van der Waals surface area contributed by atoms with Crippen molar-refractivity contribution in [1.29, 1.82) is 0 Å². The normalized spacial score (nSPS) is 9.30. The molecule has 3 nitrogen and oxygen atoms in total. The zero-order valence-corrected chi connectivity index (χ0v) is 5.99. The van der Waals surface area contributed by atoms with Gasteiger partial charge in [0.25, 0.3) is 0 Å². The maximum Gasteiger partial charge on any atom is 0.169 e. The maximum atomic E-state index is 4.15. The number of hydrogen-bond acceptors (Lipinski definition) is 2. The fourth-order valence-electron chi connectivity index (χ4n) is 0.604. The van der Waals surface area contributed by atoms with Crippen LogP contribution in [0.15, 0.2) is 18.3 Å². The Balaban J connectivity index is 2.43. The number of aromatic nitrogens is 2. The third-order valence-corrected chi connectivity index (χ3v) is 1.06. The molecule has 1 aromatic rings. The Hall–Kier alpha value is -1.12. The highest BCUT2D eigenvalue weighted by molar-refractivity contribution is 5.20. The van der Waals surface area contributed by atoms with Crippen LogP contribution in [0.3, 0.4) is 0 Å². The standard InChI is InChI=1S/C7H10N3/c1-2-5-8-7-4-3-6-9-10-7/h3-4,6H,2,5H2,1H3. The fourth-order valence-corrected chi connectivity index (χ4v) is 0.604. The van der Waals surface area contributed by atoms with Crippen molar-refractivity contribution in [3.63, 3.8) is 0 Å². The largest absolute Gasteiger partial charge is 0.265 e. The summed E-state index contributed by atoms with van der Waals surface area (Å²) in [5.41, 5.74) is 0. The first-order chi connectivity index (χ1) is 4.93. The fraction of sp³-hybridized carbons (Fsp3) is 0.429. The molecule has 0 N–H and O–H groups in total. The first-order valence-electron chi connectivity index (χ1n) is 3.38. The maximum absolute atomic E-state index is 4.15. The van der Waals surface area contributed by atoms with E-state index in [0.29, 0.717) is 0 Å². The zero-order chi connectivity index (χ0) is 7.23. The average Bonchev–Trinajstić information content (AvgIpc) is 2.03. The third-order valence-electron chi connectivity index (χ3n) is 1.06. The zero-order valence-electron chi connectivity index (χ0n) is 5.99. The second-order valence-corrected chi connectivity index (χ2v) is 1.96. The predicted octanol–water partition coefficient (Wildman–Crippen LogP) is 1.12. The van der Waals surface area contributed by atoms with E-state index in [4.69, 9.17) is 0 Å². The molecule has 0 unspecified atom stereocenters. The Morgan fingerprint density at radius 3 is 3.10 bits per heavy atom. The molecule has 0 aliphatic carbocycles. The van der Waals surface area contributed by atoms with E-state index in [1.165, 1.54) is 0 Å². The molecule has 0 aliphatic heterocycles. The molecule has 1 aromatic heterocycles. The summed E-state index contributed by atoms with van der Waals surface area (Å²) in [5, 5.41) is 11.6. The summed E-state index contributed by atoms with van der Waals surface area (Å²) in [4.78, 5) is 0. The van der Waals surface area contributed by atoms with E-state index in [2.05, 4.69) is 22.4 Å². The summed E-state index contributed by atoms with van der Waals surface area (Å²) in [6, 6.07) is 3.68. The number of rotatable bonds is 3. The summed E-state index contributed by atoms with van der Waals surface area (Å²) in [6.45, 7) is 2.92. The van der Waals surface area contributed by atoms with E-state index in [1.54, 1.807) is 6.20 Å². The van der Waals surface area contributed by atoms with Crippen LogP contribution in [-0.2, 0) is 0 Å². The van der Waals surface area contributed by atoms with Crippen molar-refractivity contribution in [1.82, 2.24) is 15.5 Å². The molecule has 0 spiro atoms. The van der Waals surface area contributed by atoms with Crippen LogP contribution in [0.1, 0.15) is 13.3 Å². The minimum atomic E-state index is 0.726. The van der Waals surface area contributed by atoms with Crippen LogP contribution in [0, 0.1) is 0 Å². The van der Waals surface area contributed by atoms with Gasteiger partial charge in [0.1, 0.15) is 0 Å². The van der Waals surface area contributed by atoms with Gasteiger partial charge in [-0.25, -0.2) is 0 Å². The van der Waals surface area contributed by atoms with Gasteiger partial charge in [0.2, 0.25) is 0 Å². The molecule has 0 atom stereocenters. The summed E-state index contributed by atoms with van der Waals surface area (Å²) in [5.74, 6) is 0.726. The Kier molecular flexibility index (Phi) is 2.67. The van der Waals surface area contributed by atoms with E-state index in [-0.39, 0.29) is 0 Å². The summed E-state index contributed by atoms with van der Waals surface area (Å²) in [7, 11) is 0. The molecule has 0 bridgehead atoms. The van der Waals surface area contributed by atoms with Gasteiger partial charge in [-0.2, -0.15) is 5.10 Å². The second kappa shape index (κ2) is 3.82. The first kappa shape index (κ1) is 6.99. The number of hydrogen-bond donors (Lipinski definition) is 0. The first-order valence-corrected chi connectivity index (χ1v) is 3.38. The molecule has 0 amide bonds. The van der Waals surface area contributed by atoms with Crippen LogP contribution < -0.4 is 5.32 Å². The molecule has 1 heterocycles. The number of nitrogens with zero attached hydrogens (tertiary/aromatic N) is 3. The van der Waals surface area contributed by atoms with Crippen LogP contribution in [0.2, 0.25) is 0 Å². The van der Waals surface area contributed by atoms with Crippen molar-refractivity contribution in [3.05, 3.63) is 18.3 Å². The van der Waals surface area contributed by atoms with E-state index >= 15 is 0 Å². The SMILES string of the molecule is CCC[N]c1cccnn1. The van der Waals surface area contributed by atoms with E-state index in [0.717, 1.165) is 18.8 Å². The monoisotopic (exact) mass is 136 g/mol. The second-order valence-electron chi connectivity index (χ2n) is 1.96. The van der Waals surface area contributed by atoms with Gasteiger partial charge in [-0.1, -0.05) is 6.92 Å². The average molecular weight is 136 g/mol. The Morgan fingerprint density at radius 1 is 1.60 bits per heavy atom. The minimum Gasteiger partial charge on any atom is -0.265 e. The molecule has 1 radical (unpaired) electrons. The molecule has 0 saturated heterocycles. The van der Waals surface area contributed by atoms with Gasteiger partial charge in [-0.3, -0.25) is 5.32 Å². The highest BCUT2D eigenvalue weighted by atomic mass is 15.2. The van der Waals surface area contributed by atoms with Gasteiger partial charge in [0, 0.05) is 12.7 Å².